The Kier molecular flexibility index (Phi) is 4.50. The Hall–Kier alpha value is -2.50. The number of aliphatic hydroxyl groups excluding tert-OH is 1. The number of ketones is 1. The molecule has 0 radical (unpaired) electrons. The van der Waals surface area contributed by atoms with Crippen molar-refractivity contribution < 1.29 is 9.90 Å². The van der Waals surface area contributed by atoms with Crippen molar-refractivity contribution in [3.8, 4) is 0 Å². The Morgan fingerprint density at radius 2 is 1.91 bits per heavy atom. The van der Waals surface area contributed by atoms with E-state index in [0.29, 0.717) is 16.1 Å². The lowest BCUT2D eigenvalue weighted by atomic mass is 10.1. The number of aromatic nitrogens is 3. The SMILES string of the molecule is O=C(c1ccncc1)c1nccn1C[C@@H](O)c1ccccc1Cl. The molecule has 0 amide bonds. The van der Waals surface area contributed by atoms with E-state index in [1.165, 1.54) is 6.20 Å². The number of benzene rings is 1. The minimum atomic E-state index is -0.832. The van der Waals surface area contributed by atoms with Gasteiger partial charge in [-0.3, -0.25) is 9.78 Å². The monoisotopic (exact) mass is 327 g/mol. The summed E-state index contributed by atoms with van der Waals surface area (Å²) >= 11 is 6.10. The fraction of sp³-hybridized carbons (Fsp3) is 0.118. The van der Waals surface area contributed by atoms with Crippen LogP contribution in [-0.2, 0) is 6.54 Å². The Bertz CT molecular complexity index is 817. The van der Waals surface area contributed by atoms with Crippen molar-refractivity contribution in [1.29, 1.82) is 0 Å². The second-order valence-corrected chi connectivity index (χ2v) is 5.41. The Morgan fingerprint density at radius 3 is 2.65 bits per heavy atom. The molecule has 23 heavy (non-hydrogen) atoms. The number of aliphatic hydroxyl groups is 1. The third-order valence-electron chi connectivity index (χ3n) is 3.49. The lowest BCUT2D eigenvalue weighted by molar-refractivity contribution is 0.101. The topological polar surface area (TPSA) is 68.0 Å². The van der Waals surface area contributed by atoms with Crippen LogP contribution in [-0.4, -0.2) is 25.4 Å². The molecule has 0 aliphatic heterocycles. The first-order chi connectivity index (χ1) is 11.2. The van der Waals surface area contributed by atoms with Gasteiger partial charge < -0.3 is 9.67 Å². The lowest BCUT2D eigenvalue weighted by Crippen LogP contribution is -2.15. The number of hydrogen-bond donors (Lipinski definition) is 1. The number of pyridine rings is 1. The molecule has 5 nitrogen and oxygen atoms in total. The second-order valence-electron chi connectivity index (χ2n) is 5.01. The molecule has 0 unspecified atom stereocenters. The van der Waals surface area contributed by atoms with E-state index in [-0.39, 0.29) is 18.2 Å². The zero-order chi connectivity index (χ0) is 16.2. The van der Waals surface area contributed by atoms with E-state index in [9.17, 15) is 9.90 Å². The van der Waals surface area contributed by atoms with E-state index in [4.69, 9.17) is 11.6 Å². The predicted molar refractivity (Wildman–Crippen MR) is 86.3 cm³/mol. The number of rotatable bonds is 5. The fourth-order valence-corrected chi connectivity index (χ4v) is 2.59. The fourth-order valence-electron chi connectivity index (χ4n) is 2.33. The highest BCUT2D eigenvalue weighted by Gasteiger charge is 2.18. The van der Waals surface area contributed by atoms with Crippen LogP contribution in [0.5, 0.6) is 0 Å². The molecule has 0 saturated heterocycles. The van der Waals surface area contributed by atoms with Crippen LogP contribution < -0.4 is 0 Å². The van der Waals surface area contributed by atoms with Crippen molar-refractivity contribution in [2.45, 2.75) is 12.6 Å². The third-order valence-corrected chi connectivity index (χ3v) is 3.84. The standard InChI is InChI=1S/C17H14ClN3O2/c18-14-4-2-1-3-13(14)15(22)11-21-10-9-20-17(21)16(23)12-5-7-19-8-6-12/h1-10,15,22H,11H2/t15-/m1/s1. The van der Waals surface area contributed by atoms with Gasteiger partial charge in [0.1, 0.15) is 0 Å². The average molecular weight is 328 g/mol. The van der Waals surface area contributed by atoms with Crippen LogP contribution in [0.3, 0.4) is 0 Å². The summed E-state index contributed by atoms with van der Waals surface area (Å²) in [7, 11) is 0. The van der Waals surface area contributed by atoms with Crippen molar-refractivity contribution >= 4 is 17.4 Å². The van der Waals surface area contributed by atoms with Gasteiger partial charge in [0, 0.05) is 40.9 Å². The van der Waals surface area contributed by atoms with Crippen molar-refractivity contribution in [2.75, 3.05) is 0 Å². The van der Waals surface area contributed by atoms with Crippen molar-refractivity contribution in [2.24, 2.45) is 0 Å². The maximum Gasteiger partial charge on any atom is 0.228 e. The van der Waals surface area contributed by atoms with E-state index in [1.807, 2.05) is 0 Å². The molecule has 0 aliphatic carbocycles. The summed E-state index contributed by atoms with van der Waals surface area (Å²) in [6, 6.07) is 10.3. The molecule has 1 N–H and O–H groups in total. The van der Waals surface area contributed by atoms with Crippen LogP contribution in [0.1, 0.15) is 27.8 Å². The van der Waals surface area contributed by atoms with Crippen LogP contribution in [0.2, 0.25) is 5.02 Å². The van der Waals surface area contributed by atoms with E-state index >= 15 is 0 Å². The minimum Gasteiger partial charge on any atom is -0.386 e. The van der Waals surface area contributed by atoms with Crippen LogP contribution in [0.25, 0.3) is 0 Å². The molecule has 2 aromatic heterocycles. The zero-order valence-corrected chi connectivity index (χ0v) is 12.9. The van der Waals surface area contributed by atoms with E-state index in [1.54, 1.807) is 59.6 Å². The van der Waals surface area contributed by atoms with Gasteiger partial charge in [-0.1, -0.05) is 29.8 Å². The van der Waals surface area contributed by atoms with Gasteiger partial charge in [-0.15, -0.1) is 0 Å². The maximum atomic E-state index is 12.5. The second kappa shape index (κ2) is 6.73. The van der Waals surface area contributed by atoms with Crippen LogP contribution >= 0.6 is 11.6 Å². The van der Waals surface area contributed by atoms with Gasteiger partial charge in [0.2, 0.25) is 5.78 Å². The molecule has 0 aliphatic rings. The normalized spacial score (nSPS) is 12.1. The van der Waals surface area contributed by atoms with E-state index in [2.05, 4.69) is 9.97 Å². The number of carbonyl (C=O) groups excluding carboxylic acids is 1. The minimum absolute atomic E-state index is 0.190. The summed E-state index contributed by atoms with van der Waals surface area (Å²) in [6.45, 7) is 0.190. The first-order valence-electron chi connectivity index (χ1n) is 7.05. The molecule has 1 atom stereocenters. The molecular weight excluding hydrogens is 314 g/mol. The summed E-state index contributed by atoms with van der Waals surface area (Å²) in [5, 5.41) is 10.9. The lowest BCUT2D eigenvalue weighted by Gasteiger charge is -2.15. The van der Waals surface area contributed by atoms with Gasteiger partial charge in [-0.05, 0) is 18.2 Å². The molecular formula is C17H14ClN3O2. The first kappa shape index (κ1) is 15.4. The molecule has 0 spiro atoms. The first-order valence-corrected chi connectivity index (χ1v) is 7.43. The summed E-state index contributed by atoms with van der Waals surface area (Å²) in [5.41, 5.74) is 1.12. The molecule has 3 aromatic rings. The molecule has 3 rings (SSSR count). The third kappa shape index (κ3) is 3.31. The summed E-state index contributed by atoms with van der Waals surface area (Å²) in [4.78, 5) is 20.5. The average Bonchev–Trinajstić information content (AvgIpc) is 3.03. The Balaban J connectivity index is 1.84. The zero-order valence-electron chi connectivity index (χ0n) is 12.1. The highest BCUT2D eigenvalue weighted by atomic mass is 35.5. The van der Waals surface area contributed by atoms with Gasteiger partial charge in [0.15, 0.2) is 5.82 Å². The maximum absolute atomic E-state index is 12.5. The van der Waals surface area contributed by atoms with Gasteiger partial charge in [0.25, 0.3) is 0 Å². The number of carbonyl (C=O) groups is 1. The summed E-state index contributed by atoms with van der Waals surface area (Å²) in [5.74, 6) is 0.0473. The number of halogens is 1. The molecule has 116 valence electrons. The molecule has 0 bridgehead atoms. The highest BCUT2D eigenvalue weighted by Crippen LogP contribution is 2.24. The smallest absolute Gasteiger partial charge is 0.228 e. The predicted octanol–water partition coefficient (Wildman–Crippen LogP) is 2.90. The van der Waals surface area contributed by atoms with E-state index in [0.717, 1.165) is 0 Å². The van der Waals surface area contributed by atoms with Crippen LogP contribution in [0, 0.1) is 0 Å². The van der Waals surface area contributed by atoms with Gasteiger partial charge >= 0.3 is 0 Å². The number of imidazole rings is 1. The van der Waals surface area contributed by atoms with Crippen molar-refractivity contribution in [3.05, 3.63) is 83.2 Å². The van der Waals surface area contributed by atoms with Crippen LogP contribution in [0.15, 0.2) is 61.2 Å². The number of nitrogens with zero attached hydrogens (tertiary/aromatic N) is 3. The molecule has 6 heteroatoms. The largest absolute Gasteiger partial charge is 0.386 e. The highest BCUT2D eigenvalue weighted by molar-refractivity contribution is 6.31. The number of hydrogen-bond acceptors (Lipinski definition) is 4. The Morgan fingerprint density at radius 1 is 1.17 bits per heavy atom. The summed E-state index contributed by atoms with van der Waals surface area (Å²) < 4.78 is 1.62. The van der Waals surface area contributed by atoms with Gasteiger partial charge in [-0.25, -0.2) is 4.98 Å². The quantitative estimate of drug-likeness (QED) is 0.732. The molecule has 2 heterocycles. The molecule has 0 saturated carbocycles. The van der Waals surface area contributed by atoms with Crippen molar-refractivity contribution in [3.63, 3.8) is 0 Å². The molecule has 0 fully saturated rings. The van der Waals surface area contributed by atoms with Crippen LogP contribution in [0.4, 0.5) is 0 Å². The van der Waals surface area contributed by atoms with Gasteiger partial charge in [-0.2, -0.15) is 0 Å². The van der Waals surface area contributed by atoms with E-state index < -0.39 is 6.10 Å². The van der Waals surface area contributed by atoms with Gasteiger partial charge in [0.05, 0.1) is 12.6 Å². The van der Waals surface area contributed by atoms with Crippen molar-refractivity contribution in [1.82, 2.24) is 14.5 Å². The molecule has 1 aromatic carbocycles. The Labute approximate surface area is 138 Å². The summed E-state index contributed by atoms with van der Waals surface area (Å²) in [6.07, 6.45) is 5.47.